The molecule has 8 nitrogen and oxygen atoms in total. The van der Waals surface area contributed by atoms with Crippen LogP contribution in [0.15, 0.2) is 23.2 Å². The molecule has 0 radical (unpaired) electrons. The van der Waals surface area contributed by atoms with Crippen LogP contribution in [0.5, 0.6) is 0 Å². The first-order chi connectivity index (χ1) is 12.0. The lowest BCUT2D eigenvalue weighted by Gasteiger charge is -2.26. The van der Waals surface area contributed by atoms with Gasteiger partial charge in [0.2, 0.25) is 5.96 Å². The number of benzene rings is 1. The van der Waals surface area contributed by atoms with Gasteiger partial charge in [-0.15, -0.1) is 0 Å². The molecule has 3 rings (SSSR count). The van der Waals surface area contributed by atoms with E-state index in [-0.39, 0.29) is 33.9 Å². The summed E-state index contributed by atoms with van der Waals surface area (Å²) >= 11 is 6.19. The van der Waals surface area contributed by atoms with Crippen molar-refractivity contribution in [2.75, 3.05) is 16.8 Å². The van der Waals surface area contributed by atoms with E-state index in [0.29, 0.717) is 11.1 Å². The number of guanidine groups is 1. The van der Waals surface area contributed by atoms with Crippen LogP contribution in [0.2, 0.25) is 5.02 Å². The van der Waals surface area contributed by atoms with Crippen molar-refractivity contribution in [3.63, 3.8) is 0 Å². The molecule has 25 heavy (non-hydrogen) atoms. The monoisotopic (exact) mass is 356 g/mol. The van der Waals surface area contributed by atoms with E-state index >= 15 is 0 Å². The molecule has 1 unspecified atom stereocenters. The van der Waals surface area contributed by atoms with E-state index in [2.05, 4.69) is 20.6 Å². The summed E-state index contributed by atoms with van der Waals surface area (Å²) < 4.78 is 13.7. The summed E-state index contributed by atoms with van der Waals surface area (Å²) in [5.41, 5.74) is 12.5. The van der Waals surface area contributed by atoms with E-state index in [0.717, 1.165) is 0 Å². The van der Waals surface area contributed by atoms with Crippen LogP contribution >= 0.6 is 11.6 Å². The Morgan fingerprint density at radius 1 is 1.32 bits per heavy atom. The fourth-order valence-corrected chi connectivity index (χ4v) is 2.75. The molecule has 0 fully saturated rings. The summed E-state index contributed by atoms with van der Waals surface area (Å²) in [5.74, 6) is -0.330. The van der Waals surface area contributed by atoms with Crippen LogP contribution in [0.4, 0.5) is 21.7 Å². The van der Waals surface area contributed by atoms with Crippen molar-refractivity contribution in [3.05, 3.63) is 45.7 Å². The normalized spacial score (nSPS) is 15.2. The molecule has 2 heterocycles. The van der Waals surface area contributed by atoms with Gasteiger partial charge in [-0.1, -0.05) is 11.6 Å². The molecule has 1 aliphatic rings. The van der Waals surface area contributed by atoms with Gasteiger partial charge in [0.05, 0.1) is 5.69 Å². The van der Waals surface area contributed by atoms with Crippen LogP contribution in [-0.2, 0) is 0 Å². The van der Waals surface area contributed by atoms with Crippen LogP contribution in [0.3, 0.4) is 0 Å². The average Bonchev–Trinajstić information content (AvgIpc) is 2.57. The number of hydrogen-bond acceptors (Lipinski definition) is 8. The lowest BCUT2D eigenvalue weighted by Crippen LogP contribution is -2.32. The second-order valence-electron chi connectivity index (χ2n) is 5.07. The van der Waals surface area contributed by atoms with Gasteiger partial charge in [-0.2, -0.15) is 10.5 Å². The van der Waals surface area contributed by atoms with Gasteiger partial charge in [-0.05, 0) is 18.2 Å². The molecule has 0 bridgehead atoms. The molecule has 2 aromatic rings. The summed E-state index contributed by atoms with van der Waals surface area (Å²) in [7, 11) is 0. The average molecular weight is 357 g/mol. The van der Waals surface area contributed by atoms with E-state index in [1.807, 2.05) is 6.07 Å². The Morgan fingerprint density at radius 3 is 2.76 bits per heavy atom. The molecule has 0 aliphatic carbocycles. The number of aliphatic imine (C=N–C) groups is 1. The molecule has 124 valence electrons. The van der Waals surface area contributed by atoms with Crippen molar-refractivity contribution >= 4 is 34.9 Å². The predicted molar refractivity (Wildman–Crippen MR) is 90.8 cm³/mol. The zero-order valence-corrected chi connectivity index (χ0v) is 13.3. The number of nitrogens with two attached hydrogens (primary N) is 2. The number of fused-ring (bicyclic) bond motifs is 1. The van der Waals surface area contributed by atoms with Crippen molar-refractivity contribution in [3.8, 4) is 12.3 Å². The van der Waals surface area contributed by atoms with Gasteiger partial charge in [-0.3, -0.25) is 5.32 Å². The Bertz CT molecular complexity index is 988. The lowest BCUT2D eigenvalue weighted by molar-refractivity contribution is 0.623. The molecule has 0 amide bonds. The van der Waals surface area contributed by atoms with Gasteiger partial charge in [0.15, 0.2) is 6.19 Å². The van der Waals surface area contributed by atoms with Crippen LogP contribution in [0, 0.1) is 28.6 Å². The first-order valence-corrected chi connectivity index (χ1v) is 7.27. The van der Waals surface area contributed by atoms with E-state index in [1.54, 1.807) is 6.19 Å². The predicted octanol–water partition coefficient (Wildman–Crippen LogP) is 1.85. The highest BCUT2D eigenvalue weighted by molar-refractivity contribution is 6.31. The van der Waals surface area contributed by atoms with Crippen LogP contribution in [0.1, 0.15) is 22.7 Å². The van der Waals surface area contributed by atoms with Crippen molar-refractivity contribution in [2.24, 2.45) is 4.99 Å². The number of nitriles is 2. The number of nitrogens with zero attached hydrogens (tertiary/aromatic N) is 4. The summed E-state index contributed by atoms with van der Waals surface area (Å²) in [4.78, 5) is 8.40. The first-order valence-electron chi connectivity index (χ1n) is 6.90. The quantitative estimate of drug-likeness (QED) is 0.450. The maximum atomic E-state index is 13.7. The number of rotatable bonds is 1. The molecule has 1 aliphatic heterocycles. The zero-order valence-electron chi connectivity index (χ0n) is 12.5. The number of pyridine rings is 1. The molecule has 1 aromatic carbocycles. The fraction of sp³-hybridized carbons (Fsp3) is 0.0667. The molecular weight excluding hydrogens is 347 g/mol. The highest BCUT2D eigenvalue weighted by Gasteiger charge is 2.31. The number of hydrogen-bond donors (Lipinski definition) is 4. The summed E-state index contributed by atoms with van der Waals surface area (Å²) in [5, 5.41) is 23.4. The first kappa shape index (κ1) is 16.3. The van der Waals surface area contributed by atoms with Crippen molar-refractivity contribution in [2.45, 2.75) is 6.04 Å². The number of nitrogen functional groups attached to an aromatic ring is 2. The van der Waals surface area contributed by atoms with Crippen molar-refractivity contribution < 1.29 is 4.39 Å². The highest BCUT2D eigenvalue weighted by Crippen LogP contribution is 2.42. The molecule has 6 N–H and O–H groups in total. The second-order valence-corrected chi connectivity index (χ2v) is 5.47. The number of nitrogens with one attached hydrogen (secondary N) is 2. The Labute approximate surface area is 146 Å². The van der Waals surface area contributed by atoms with Gasteiger partial charge in [0, 0.05) is 16.1 Å². The molecule has 1 atom stereocenters. The summed E-state index contributed by atoms with van der Waals surface area (Å²) in [6.45, 7) is 0. The van der Waals surface area contributed by atoms with Gasteiger partial charge < -0.3 is 16.8 Å². The fourth-order valence-electron chi connectivity index (χ4n) is 2.53. The number of halogens is 2. The standard InChI is InChI=1S/C15H10ClFN8/c16-9-2-1-6(17)3-7(9)12-10-11(20)8(4-18)13(21)24-14(10)25-15(23-12)22-5-19/h1-3,12H,(H6,20,21,22,23,24,25). The molecule has 0 saturated heterocycles. The van der Waals surface area contributed by atoms with E-state index in [4.69, 9.17) is 28.3 Å². The van der Waals surface area contributed by atoms with Gasteiger partial charge in [0.25, 0.3) is 0 Å². The van der Waals surface area contributed by atoms with Crippen LogP contribution in [0.25, 0.3) is 0 Å². The third kappa shape index (κ3) is 2.73. The molecular formula is C15H10ClFN8. The van der Waals surface area contributed by atoms with Crippen LogP contribution in [-0.4, -0.2) is 10.9 Å². The zero-order chi connectivity index (χ0) is 18.1. The Morgan fingerprint density at radius 2 is 2.08 bits per heavy atom. The molecule has 10 heteroatoms. The minimum absolute atomic E-state index is 0.00929. The van der Waals surface area contributed by atoms with E-state index in [9.17, 15) is 9.65 Å². The third-order valence-corrected chi connectivity index (χ3v) is 3.95. The SMILES string of the molecule is N#CNC1=NC(c2cc(F)ccc2Cl)c2c(nc(N)c(C#N)c2N)N1. The smallest absolute Gasteiger partial charge is 0.211 e. The summed E-state index contributed by atoms with van der Waals surface area (Å²) in [6.07, 6.45) is 1.73. The Hall–Kier alpha value is -3.56. The lowest BCUT2D eigenvalue weighted by atomic mass is 9.95. The second kappa shape index (κ2) is 6.15. The molecule has 1 aromatic heterocycles. The summed E-state index contributed by atoms with van der Waals surface area (Å²) in [6, 6.07) is 4.80. The van der Waals surface area contributed by atoms with Gasteiger partial charge >= 0.3 is 0 Å². The van der Waals surface area contributed by atoms with Crippen LogP contribution < -0.4 is 22.1 Å². The Kier molecular flexibility index (Phi) is 4.01. The maximum Gasteiger partial charge on any atom is 0.211 e. The third-order valence-electron chi connectivity index (χ3n) is 3.61. The highest BCUT2D eigenvalue weighted by atomic mass is 35.5. The molecule has 0 saturated carbocycles. The minimum atomic E-state index is -0.879. The topological polar surface area (TPSA) is 149 Å². The van der Waals surface area contributed by atoms with Crippen molar-refractivity contribution in [1.29, 1.82) is 10.5 Å². The van der Waals surface area contributed by atoms with E-state index < -0.39 is 11.9 Å². The minimum Gasteiger partial charge on any atom is -0.397 e. The maximum absolute atomic E-state index is 13.7. The number of anilines is 3. The van der Waals surface area contributed by atoms with Crippen molar-refractivity contribution in [1.82, 2.24) is 10.3 Å². The number of aromatic nitrogens is 1. The molecule has 0 spiro atoms. The van der Waals surface area contributed by atoms with Gasteiger partial charge in [-0.25, -0.2) is 14.4 Å². The van der Waals surface area contributed by atoms with Gasteiger partial charge in [0.1, 0.15) is 35.1 Å². The largest absolute Gasteiger partial charge is 0.397 e. The van der Waals surface area contributed by atoms with E-state index in [1.165, 1.54) is 18.2 Å². The Balaban J connectivity index is 2.30.